The second-order valence-electron chi connectivity index (χ2n) is 6.25. The first-order chi connectivity index (χ1) is 10.2. The molecule has 2 aliphatic rings. The van der Waals surface area contributed by atoms with Gasteiger partial charge in [-0.3, -0.25) is 4.79 Å². The Morgan fingerprint density at radius 2 is 2.24 bits per heavy atom. The van der Waals surface area contributed by atoms with Crippen LogP contribution in [0.2, 0.25) is 5.02 Å². The Labute approximate surface area is 131 Å². The second kappa shape index (κ2) is 6.80. The molecular weight excluding hydrogens is 284 g/mol. The molecule has 4 heteroatoms. The normalized spacial score (nSPS) is 26.0. The molecule has 3 rings (SSSR count). The van der Waals surface area contributed by atoms with E-state index in [1.807, 2.05) is 24.3 Å². The third-order valence-electron chi connectivity index (χ3n) is 4.72. The summed E-state index contributed by atoms with van der Waals surface area (Å²) in [4.78, 5) is 14.6. The zero-order chi connectivity index (χ0) is 14.7. The van der Waals surface area contributed by atoms with Gasteiger partial charge in [-0.25, -0.2) is 0 Å². The van der Waals surface area contributed by atoms with Crippen LogP contribution in [-0.4, -0.2) is 36.5 Å². The van der Waals surface area contributed by atoms with Crippen molar-refractivity contribution in [2.24, 2.45) is 5.92 Å². The van der Waals surface area contributed by atoms with Crippen molar-refractivity contribution in [1.29, 1.82) is 0 Å². The van der Waals surface area contributed by atoms with Crippen LogP contribution in [0.5, 0.6) is 0 Å². The lowest BCUT2D eigenvalue weighted by Crippen LogP contribution is -2.46. The maximum absolute atomic E-state index is 12.5. The molecule has 1 N–H and O–H groups in total. The van der Waals surface area contributed by atoms with Crippen molar-refractivity contribution in [2.45, 2.75) is 38.1 Å². The third kappa shape index (κ3) is 3.78. The van der Waals surface area contributed by atoms with E-state index in [0.717, 1.165) is 31.6 Å². The molecule has 2 fully saturated rings. The average molecular weight is 307 g/mol. The zero-order valence-electron chi connectivity index (χ0n) is 12.4. The molecule has 2 atom stereocenters. The summed E-state index contributed by atoms with van der Waals surface area (Å²) in [6, 6.07) is 8.24. The molecule has 2 unspecified atom stereocenters. The van der Waals surface area contributed by atoms with Crippen molar-refractivity contribution in [2.75, 3.05) is 19.6 Å². The Bertz CT molecular complexity index is 499. The van der Waals surface area contributed by atoms with Crippen LogP contribution in [0.15, 0.2) is 24.3 Å². The molecule has 0 spiro atoms. The fourth-order valence-corrected chi connectivity index (χ4v) is 3.83. The Balaban J connectivity index is 1.59. The maximum Gasteiger partial charge on any atom is 0.227 e. The van der Waals surface area contributed by atoms with Gasteiger partial charge in [-0.05, 0) is 55.8 Å². The van der Waals surface area contributed by atoms with Gasteiger partial charge in [0, 0.05) is 24.2 Å². The standard InChI is InChI=1S/C17H23ClN2O/c18-15-6-1-4-13(10-15)11-17(21)20-9-3-5-14(12-20)16-7-2-8-19-16/h1,4,6,10,14,16,19H,2-3,5,7-9,11-12H2. The zero-order valence-corrected chi connectivity index (χ0v) is 13.1. The number of carbonyl (C=O) groups excluding carboxylic acids is 1. The lowest BCUT2D eigenvalue weighted by Gasteiger charge is -2.36. The first kappa shape index (κ1) is 14.9. The van der Waals surface area contributed by atoms with Gasteiger partial charge >= 0.3 is 0 Å². The number of hydrogen-bond donors (Lipinski definition) is 1. The monoisotopic (exact) mass is 306 g/mol. The number of nitrogens with one attached hydrogen (secondary N) is 1. The van der Waals surface area contributed by atoms with Crippen LogP contribution < -0.4 is 5.32 Å². The van der Waals surface area contributed by atoms with Crippen LogP contribution in [0.1, 0.15) is 31.2 Å². The average Bonchev–Trinajstić information content (AvgIpc) is 3.02. The summed E-state index contributed by atoms with van der Waals surface area (Å²) in [5, 5.41) is 4.29. The summed E-state index contributed by atoms with van der Waals surface area (Å²) < 4.78 is 0. The van der Waals surface area contributed by atoms with Gasteiger partial charge in [-0.15, -0.1) is 0 Å². The lowest BCUT2D eigenvalue weighted by atomic mass is 9.89. The van der Waals surface area contributed by atoms with Gasteiger partial charge in [0.25, 0.3) is 0 Å². The molecular formula is C17H23ClN2O. The molecule has 2 heterocycles. The van der Waals surface area contributed by atoms with E-state index in [0.29, 0.717) is 23.4 Å². The van der Waals surface area contributed by atoms with Gasteiger partial charge in [0.05, 0.1) is 6.42 Å². The summed E-state index contributed by atoms with van der Waals surface area (Å²) in [6.45, 7) is 2.96. The minimum atomic E-state index is 0.236. The van der Waals surface area contributed by atoms with E-state index in [-0.39, 0.29) is 5.91 Å². The van der Waals surface area contributed by atoms with E-state index in [4.69, 9.17) is 11.6 Å². The Morgan fingerprint density at radius 3 is 3.00 bits per heavy atom. The number of halogens is 1. The minimum absolute atomic E-state index is 0.236. The van der Waals surface area contributed by atoms with Crippen LogP contribution in [0.25, 0.3) is 0 Å². The molecule has 0 radical (unpaired) electrons. The van der Waals surface area contributed by atoms with E-state index >= 15 is 0 Å². The van der Waals surface area contributed by atoms with Gasteiger partial charge < -0.3 is 10.2 Å². The number of piperidine rings is 1. The number of rotatable bonds is 3. The van der Waals surface area contributed by atoms with Crippen molar-refractivity contribution in [3.8, 4) is 0 Å². The Hall–Kier alpha value is -1.06. The van der Waals surface area contributed by atoms with Gasteiger partial charge in [0.15, 0.2) is 0 Å². The van der Waals surface area contributed by atoms with E-state index in [1.54, 1.807) is 0 Å². The topological polar surface area (TPSA) is 32.3 Å². The third-order valence-corrected chi connectivity index (χ3v) is 4.96. The largest absolute Gasteiger partial charge is 0.342 e. The number of hydrogen-bond acceptors (Lipinski definition) is 2. The quantitative estimate of drug-likeness (QED) is 0.931. The number of carbonyl (C=O) groups is 1. The Morgan fingerprint density at radius 1 is 1.33 bits per heavy atom. The maximum atomic E-state index is 12.5. The van der Waals surface area contributed by atoms with E-state index in [9.17, 15) is 4.79 Å². The molecule has 0 bridgehead atoms. The number of nitrogens with zero attached hydrogens (tertiary/aromatic N) is 1. The highest BCUT2D eigenvalue weighted by atomic mass is 35.5. The summed E-state index contributed by atoms with van der Waals surface area (Å²) in [5.41, 5.74) is 1.01. The number of benzene rings is 1. The van der Waals surface area contributed by atoms with Crippen LogP contribution in [-0.2, 0) is 11.2 Å². The predicted molar refractivity (Wildman–Crippen MR) is 85.5 cm³/mol. The van der Waals surface area contributed by atoms with Crippen molar-refractivity contribution in [3.05, 3.63) is 34.9 Å². The van der Waals surface area contributed by atoms with E-state index in [1.165, 1.54) is 19.3 Å². The first-order valence-electron chi connectivity index (χ1n) is 7.98. The highest BCUT2D eigenvalue weighted by Gasteiger charge is 2.30. The SMILES string of the molecule is O=C(Cc1cccc(Cl)c1)N1CCCC(C2CCCN2)C1. The van der Waals surface area contributed by atoms with Gasteiger partial charge in [0.2, 0.25) is 5.91 Å². The first-order valence-corrected chi connectivity index (χ1v) is 8.36. The van der Waals surface area contributed by atoms with E-state index in [2.05, 4.69) is 10.2 Å². The fourth-order valence-electron chi connectivity index (χ4n) is 3.61. The molecule has 3 nitrogen and oxygen atoms in total. The highest BCUT2D eigenvalue weighted by molar-refractivity contribution is 6.30. The molecule has 114 valence electrons. The molecule has 0 aliphatic carbocycles. The molecule has 0 aromatic heterocycles. The molecule has 1 aromatic carbocycles. The van der Waals surface area contributed by atoms with Crippen LogP contribution in [0, 0.1) is 5.92 Å². The smallest absolute Gasteiger partial charge is 0.227 e. The molecule has 0 saturated carbocycles. The lowest BCUT2D eigenvalue weighted by molar-refractivity contribution is -0.132. The van der Waals surface area contributed by atoms with Crippen molar-refractivity contribution >= 4 is 17.5 Å². The van der Waals surface area contributed by atoms with Crippen molar-refractivity contribution < 1.29 is 4.79 Å². The summed E-state index contributed by atoms with van der Waals surface area (Å²) in [7, 11) is 0. The van der Waals surface area contributed by atoms with Crippen LogP contribution in [0.4, 0.5) is 0 Å². The van der Waals surface area contributed by atoms with E-state index < -0.39 is 0 Å². The molecule has 1 aromatic rings. The summed E-state index contributed by atoms with van der Waals surface area (Å²) >= 11 is 5.99. The predicted octanol–water partition coefficient (Wildman–Crippen LogP) is 2.87. The number of likely N-dealkylation sites (tertiary alicyclic amines) is 1. The summed E-state index contributed by atoms with van der Waals surface area (Å²) in [5.74, 6) is 0.865. The Kier molecular flexibility index (Phi) is 4.81. The van der Waals surface area contributed by atoms with Crippen molar-refractivity contribution in [1.82, 2.24) is 10.2 Å². The fraction of sp³-hybridized carbons (Fsp3) is 0.588. The van der Waals surface area contributed by atoms with Crippen LogP contribution in [0.3, 0.4) is 0 Å². The van der Waals surface area contributed by atoms with Crippen molar-refractivity contribution in [3.63, 3.8) is 0 Å². The molecule has 2 aliphatic heterocycles. The molecule has 21 heavy (non-hydrogen) atoms. The van der Waals surface area contributed by atoms with Gasteiger partial charge in [0.1, 0.15) is 0 Å². The summed E-state index contributed by atoms with van der Waals surface area (Å²) in [6.07, 6.45) is 5.38. The van der Waals surface area contributed by atoms with Crippen LogP contribution >= 0.6 is 11.6 Å². The molecule has 1 amide bonds. The van der Waals surface area contributed by atoms with Gasteiger partial charge in [-0.1, -0.05) is 23.7 Å². The van der Waals surface area contributed by atoms with Gasteiger partial charge in [-0.2, -0.15) is 0 Å². The molecule has 2 saturated heterocycles. The number of amides is 1. The highest BCUT2D eigenvalue weighted by Crippen LogP contribution is 2.25. The second-order valence-corrected chi connectivity index (χ2v) is 6.69. The minimum Gasteiger partial charge on any atom is -0.342 e.